The van der Waals surface area contributed by atoms with Crippen molar-refractivity contribution >= 4 is 21.9 Å². The van der Waals surface area contributed by atoms with Gasteiger partial charge in [-0.1, -0.05) is 31.5 Å². The van der Waals surface area contributed by atoms with Crippen molar-refractivity contribution < 1.29 is 27.9 Å². The van der Waals surface area contributed by atoms with Crippen molar-refractivity contribution in [1.29, 1.82) is 0 Å². The molecule has 1 amide bonds. The van der Waals surface area contributed by atoms with Crippen molar-refractivity contribution in [3.8, 4) is 0 Å². The molecule has 0 aliphatic carbocycles. The van der Waals surface area contributed by atoms with Crippen molar-refractivity contribution in [3.05, 3.63) is 29.8 Å². The molecule has 1 aromatic rings. The summed E-state index contributed by atoms with van der Waals surface area (Å²) >= 11 is 0. The lowest BCUT2D eigenvalue weighted by Crippen LogP contribution is -2.46. The predicted octanol–water partition coefficient (Wildman–Crippen LogP) is 1.30. The highest BCUT2D eigenvalue weighted by Gasteiger charge is 2.35. The molecule has 11 heteroatoms. The molecule has 2 rings (SSSR count). The van der Waals surface area contributed by atoms with Crippen LogP contribution in [0.3, 0.4) is 0 Å². The van der Waals surface area contributed by atoms with Gasteiger partial charge in [-0.25, -0.2) is 8.42 Å². The summed E-state index contributed by atoms with van der Waals surface area (Å²) in [6.45, 7) is 11.2. The van der Waals surface area contributed by atoms with Crippen LogP contribution < -0.4 is 10.6 Å². The fraction of sp³-hybridized carbons (Fsp3) is 0.680. The number of ether oxygens (including phenoxy) is 1. The van der Waals surface area contributed by atoms with Gasteiger partial charge in [0.15, 0.2) is 0 Å². The molecule has 1 heterocycles. The second-order valence-corrected chi connectivity index (χ2v) is 11.5. The molecule has 1 atom stereocenters. The molecule has 1 aliphatic rings. The van der Waals surface area contributed by atoms with Crippen LogP contribution in [-0.4, -0.2) is 99.7 Å². The number of carboxylic acids is 1. The van der Waals surface area contributed by atoms with Crippen molar-refractivity contribution in [3.63, 3.8) is 0 Å². The minimum absolute atomic E-state index is 0.0397. The summed E-state index contributed by atoms with van der Waals surface area (Å²) in [6, 6.07) is 5.27. The number of hydrogen-bond acceptors (Lipinski definition) is 7. The Morgan fingerprint density at radius 2 is 1.78 bits per heavy atom. The zero-order chi connectivity index (χ0) is 26.6. The van der Waals surface area contributed by atoms with Crippen molar-refractivity contribution in [2.75, 3.05) is 59.0 Å². The van der Waals surface area contributed by atoms with Gasteiger partial charge in [0.2, 0.25) is 15.9 Å². The van der Waals surface area contributed by atoms with Gasteiger partial charge in [0, 0.05) is 39.3 Å². The lowest BCUT2D eigenvalue weighted by molar-refractivity contribution is -0.142. The Kier molecular flexibility index (Phi) is 12.8. The number of carbonyl (C=O) groups excluding carboxylic acids is 1. The van der Waals surface area contributed by atoms with E-state index in [1.54, 1.807) is 12.1 Å². The molecule has 3 N–H and O–H groups in total. The maximum absolute atomic E-state index is 13.3. The highest BCUT2D eigenvalue weighted by molar-refractivity contribution is 7.89. The van der Waals surface area contributed by atoms with Gasteiger partial charge in [-0.05, 0) is 44.2 Å². The molecule has 1 aromatic carbocycles. The number of sulfonamides is 1. The first-order chi connectivity index (χ1) is 17.1. The molecule has 10 nitrogen and oxygen atoms in total. The second-order valence-electron chi connectivity index (χ2n) is 9.61. The van der Waals surface area contributed by atoms with Gasteiger partial charge >= 0.3 is 5.97 Å². The monoisotopic (exact) mass is 526 g/mol. The Labute approximate surface area is 215 Å². The van der Waals surface area contributed by atoms with E-state index in [0.717, 1.165) is 49.3 Å². The van der Waals surface area contributed by atoms with Crippen LogP contribution in [0.1, 0.15) is 38.7 Å². The lowest BCUT2D eigenvalue weighted by atomic mass is 10.1. The number of aryl methyl sites for hydroxylation is 1. The van der Waals surface area contributed by atoms with Gasteiger partial charge in [0.1, 0.15) is 6.04 Å². The number of nitrogens with zero attached hydrogens (tertiary/aromatic N) is 2. The molecule has 0 spiro atoms. The summed E-state index contributed by atoms with van der Waals surface area (Å²) in [7, 11) is -3.97. The van der Waals surface area contributed by atoms with E-state index in [1.165, 1.54) is 12.1 Å². The molecular formula is C25H42N4O6S. The van der Waals surface area contributed by atoms with Crippen molar-refractivity contribution in [1.82, 2.24) is 19.8 Å². The van der Waals surface area contributed by atoms with E-state index in [-0.39, 0.29) is 36.2 Å². The fourth-order valence-corrected chi connectivity index (χ4v) is 5.78. The standard InChI is InChI=1S/C25H42N4O6S/c1-20(2)19-29(36(33,34)22-9-7-21(3)8-10-22)23(25(31)32)6-4-5-11-27-24(30)18-26-12-13-28-14-16-35-17-15-28/h7-10,20,23,26H,4-6,11-19H2,1-3H3,(H,27,30)(H,31,32)/t23-/m0/s1. The normalized spacial score (nSPS) is 15.8. The number of rotatable bonds is 16. The first kappa shape index (κ1) is 30.2. The molecule has 0 radical (unpaired) electrons. The third-order valence-corrected chi connectivity index (χ3v) is 7.91. The van der Waals surface area contributed by atoms with E-state index in [9.17, 15) is 23.1 Å². The number of nitrogens with one attached hydrogen (secondary N) is 2. The molecule has 0 bridgehead atoms. The second kappa shape index (κ2) is 15.3. The number of carbonyl (C=O) groups is 2. The first-order valence-corrected chi connectivity index (χ1v) is 14.1. The Morgan fingerprint density at radius 1 is 1.11 bits per heavy atom. The topological polar surface area (TPSA) is 128 Å². The molecule has 1 saturated heterocycles. The molecule has 0 saturated carbocycles. The maximum Gasteiger partial charge on any atom is 0.322 e. The highest BCUT2D eigenvalue weighted by atomic mass is 32.2. The summed E-state index contributed by atoms with van der Waals surface area (Å²) in [5, 5.41) is 15.8. The maximum atomic E-state index is 13.3. The SMILES string of the molecule is Cc1ccc(S(=O)(=O)N(CC(C)C)[C@@H](CCCCNC(=O)CNCCN2CCOCC2)C(=O)O)cc1. The van der Waals surface area contributed by atoms with Crippen LogP contribution in [0, 0.1) is 12.8 Å². The van der Waals surface area contributed by atoms with Gasteiger partial charge in [0.05, 0.1) is 24.7 Å². The molecule has 0 aromatic heterocycles. The van der Waals surface area contributed by atoms with Gasteiger partial charge in [-0.3, -0.25) is 14.5 Å². The molecule has 1 aliphatic heterocycles. The number of amides is 1. The van der Waals surface area contributed by atoms with E-state index in [0.29, 0.717) is 19.4 Å². The van der Waals surface area contributed by atoms with E-state index in [2.05, 4.69) is 15.5 Å². The van der Waals surface area contributed by atoms with Crippen molar-refractivity contribution in [2.45, 2.75) is 51.0 Å². The summed E-state index contributed by atoms with van der Waals surface area (Å²) < 4.78 is 33.1. The average Bonchev–Trinajstić information content (AvgIpc) is 2.83. The quantitative estimate of drug-likeness (QED) is 0.275. The number of carboxylic acid groups (broad SMARTS) is 1. The highest BCUT2D eigenvalue weighted by Crippen LogP contribution is 2.23. The molecule has 0 unspecified atom stereocenters. The molecule has 36 heavy (non-hydrogen) atoms. The summed E-state index contributed by atoms with van der Waals surface area (Å²) in [4.78, 5) is 26.5. The number of morpholine rings is 1. The summed E-state index contributed by atoms with van der Waals surface area (Å²) in [5.41, 5.74) is 0.925. The Morgan fingerprint density at radius 3 is 2.39 bits per heavy atom. The van der Waals surface area contributed by atoms with E-state index >= 15 is 0 Å². The lowest BCUT2D eigenvalue weighted by Gasteiger charge is -2.29. The van der Waals surface area contributed by atoms with Gasteiger partial charge in [0.25, 0.3) is 0 Å². The van der Waals surface area contributed by atoms with Crippen LogP contribution in [0.2, 0.25) is 0 Å². The van der Waals surface area contributed by atoms with Crippen LogP contribution in [-0.2, 0) is 24.3 Å². The number of hydrogen-bond donors (Lipinski definition) is 3. The largest absolute Gasteiger partial charge is 0.480 e. The third-order valence-electron chi connectivity index (χ3n) is 6.03. The predicted molar refractivity (Wildman–Crippen MR) is 138 cm³/mol. The van der Waals surface area contributed by atoms with Crippen LogP contribution in [0.25, 0.3) is 0 Å². The first-order valence-electron chi connectivity index (χ1n) is 12.7. The van der Waals surface area contributed by atoms with E-state index < -0.39 is 22.0 Å². The van der Waals surface area contributed by atoms with Crippen LogP contribution in [0.15, 0.2) is 29.2 Å². The zero-order valence-corrected chi connectivity index (χ0v) is 22.6. The Bertz CT molecular complexity index is 917. The van der Waals surface area contributed by atoms with Gasteiger partial charge in [-0.15, -0.1) is 0 Å². The van der Waals surface area contributed by atoms with Gasteiger partial charge in [-0.2, -0.15) is 4.31 Å². The third kappa shape index (κ3) is 10.1. The Hall–Kier alpha value is -2.05. The minimum atomic E-state index is -3.97. The van der Waals surface area contributed by atoms with E-state index in [4.69, 9.17) is 4.74 Å². The molecular weight excluding hydrogens is 484 g/mol. The van der Waals surface area contributed by atoms with E-state index in [1.807, 2.05) is 20.8 Å². The molecule has 1 fully saturated rings. The average molecular weight is 527 g/mol. The summed E-state index contributed by atoms with van der Waals surface area (Å²) in [5.74, 6) is -1.32. The van der Waals surface area contributed by atoms with Crippen LogP contribution in [0.5, 0.6) is 0 Å². The number of aliphatic carboxylic acids is 1. The smallest absolute Gasteiger partial charge is 0.322 e. The molecule has 204 valence electrons. The zero-order valence-electron chi connectivity index (χ0n) is 21.7. The van der Waals surface area contributed by atoms with Crippen molar-refractivity contribution in [2.24, 2.45) is 5.92 Å². The number of unbranched alkanes of at least 4 members (excludes halogenated alkanes) is 1. The number of benzene rings is 1. The van der Waals surface area contributed by atoms with Crippen LogP contribution >= 0.6 is 0 Å². The minimum Gasteiger partial charge on any atom is -0.480 e. The van der Waals surface area contributed by atoms with Crippen LogP contribution in [0.4, 0.5) is 0 Å². The Balaban J connectivity index is 1.80. The summed E-state index contributed by atoms with van der Waals surface area (Å²) in [6.07, 6.45) is 1.20. The fourth-order valence-electron chi connectivity index (χ4n) is 4.01. The van der Waals surface area contributed by atoms with Gasteiger partial charge < -0.3 is 20.5 Å².